The maximum atomic E-state index is 12.5. The van der Waals surface area contributed by atoms with Gasteiger partial charge >= 0.3 is 6.03 Å². The summed E-state index contributed by atoms with van der Waals surface area (Å²) in [6.07, 6.45) is 3.56. The number of anilines is 2. The molecule has 0 aliphatic carbocycles. The Labute approximate surface area is 124 Å². The topological polar surface area (TPSA) is 32.3 Å². The summed E-state index contributed by atoms with van der Waals surface area (Å²) in [6.45, 7) is 4.52. The molecule has 2 aromatic rings. The molecular weight excluding hydrogens is 260 g/mol. The third kappa shape index (κ3) is 2.68. The monoisotopic (exact) mass is 278 g/mol. The number of benzene rings is 2. The first kappa shape index (κ1) is 13.4. The van der Waals surface area contributed by atoms with E-state index in [0.717, 1.165) is 36.3 Å². The van der Waals surface area contributed by atoms with Crippen LogP contribution in [0.5, 0.6) is 0 Å². The van der Waals surface area contributed by atoms with Crippen molar-refractivity contribution in [1.82, 2.24) is 0 Å². The van der Waals surface area contributed by atoms with Crippen LogP contribution >= 0.6 is 0 Å². The molecule has 1 N–H and O–H groups in total. The highest BCUT2D eigenvalue weighted by Gasteiger charge is 2.26. The molecule has 0 atom stereocenters. The van der Waals surface area contributed by atoms with Gasteiger partial charge < -0.3 is 5.32 Å². The molecule has 0 saturated heterocycles. The SMILES string of the molecule is C=CCc1cccc2c1N(C(=O)Nc1ccccc1)CC2. The highest BCUT2D eigenvalue weighted by atomic mass is 16.2. The second-order valence-electron chi connectivity index (χ2n) is 5.12. The number of hydrogen-bond donors (Lipinski definition) is 1. The minimum absolute atomic E-state index is 0.0727. The van der Waals surface area contributed by atoms with Crippen molar-refractivity contribution in [2.24, 2.45) is 0 Å². The van der Waals surface area contributed by atoms with Gasteiger partial charge in [-0.3, -0.25) is 4.90 Å². The molecule has 2 amide bonds. The molecule has 3 nitrogen and oxygen atoms in total. The molecule has 21 heavy (non-hydrogen) atoms. The molecule has 3 rings (SSSR count). The van der Waals surface area contributed by atoms with Gasteiger partial charge in [0, 0.05) is 12.2 Å². The van der Waals surface area contributed by atoms with Crippen LogP contribution < -0.4 is 10.2 Å². The van der Waals surface area contributed by atoms with Crippen molar-refractivity contribution in [1.29, 1.82) is 0 Å². The molecule has 1 aliphatic heterocycles. The van der Waals surface area contributed by atoms with Crippen LogP contribution in [0.1, 0.15) is 11.1 Å². The van der Waals surface area contributed by atoms with Crippen LogP contribution in [0.4, 0.5) is 16.2 Å². The Balaban J connectivity index is 1.86. The van der Waals surface area contributed by atoms with Crippen molar-refractivity contribution in [2.75, 3.05) is 16.8 Å². The van der Waals surface area contributed by atoms with Crippen LogP contribution in [-0.2, 0) is 12.8 Å². The van der Waals surface area contributed by atoms with E-state index in [1.54, 1.807) is 0 Å². The van der Waals surface area contributed by atoms with Crippen molar-refractivity contribution >= 4 is 17.4 Å². The summed E-state index contributed by atoms with van der Waals surface area (Å²) in [6, 6.07) is 15.7. The van der Waals surface area contributed by atoms with Gasteiger partial charge in [-0.2, -0.15) is 0 Å². The molecule has 0 bridgehead atoms. The smallest absolute Gasteiger partial charge is 0.308 e. The summed E-state index contributed by atoms with van der Waals surface area (Å²) in [5.41, 5.74) is 4.25. The van der Waals surface area contributed by atoms with Crippen LogP contribution in [0.2, 0.25) is 0 Å². The molecule has 0 fully saturated rings. The largest absolute Gasteiger partial charge is 0.326 e. The Kier molecular flexibility index (Phi) is 3.73. The van der Waals surface area contributed by atoms with E-state index in [1.165, 1.54) is 5.56 Å². The first-order chi connectivity index (χ1) is 10.3. The van der Waals surface area contributed by atoms with Crippen molar-refractivity contribution in [3.8, 4) is 0 Å². The summed E-state index contributed by atoms with van der Waals surface area (Å²) < 4.78 is 0. The fraction of sp³-hybridized carbons (Fsp3) is 0.167. The number of para-hydroxylation sites is 2. The van der Waals surface area contributed by atoms with Crippen molar-refractivity contribution in [3.05, 3.63) is 72.3 Å². The van der Waals surface area contributed by atoms with Gasteiger partial charge in [0.25, 0.3) is 0 Å². The van der Waals surface area contributed by atoms with E-state index >= 15 is 0 Å². The van der Waals surface area contributed by atoms with Gasteiger partial charge in [-0.15, -0.1) is 6.58 Å². The van der Waals surface area contributed by atoms with Gasteiger partial charge in [0.15, 0.2) is 0 Å². The third-order valence-electron chi connectivity index (χ3n) is 3.71. The summed E-state index contributed by atoms with van der Waals surface area (Å²) in [5, 5.41) is 2.96. The minimum atomic E-state index is -0.0727. The third-order valence-corrected chi connectivity index (χ3v) is 3.71. The van der Waals surface area contributed by atoms with Gasteiger partial charge in [-0.1, -0.05) is 42.5 Å². The second kappa shape index (κ2) is 5.83. The fourth-order valence-electron chi connectivity index (χ4n) is 2.77. The first-order valence-electron chi connectivity index (χ1n) is 7.15. The lowest BCUT2D eigenvalue weighted by atomic mass is 10.0. The van der Waals surface area contributed by atoms with Crippen molar-refractivity contribution in [2.45, 2.75) is 12.8 Å². The summed E-state index contributed by atoms with van der Waals surface area (Å²) in [5.74, 6) is 0. The van der Waals surface area contributed by atoms with E-state index in [2.05, 4.69) is 30.1 Å². The molecule has 0 spiro atoms. The predicted octanol–water partition coefficient (Wildman–Crippen LogP) is 4.01. The number of allylic oxidation sites excluding steroid dienone is 1. The Morgan fingerprint density at radius 2 is 2.00 bits per heavy atom. The molecule has 106 valence electrons. The number of nitrogens with zero attached hydrogens (tertiary/aromatic N) is 1. The number of hydrogen-bond acceptors (Lipinski definition) is 1. The fourth-order valence-corrected chi connectivity index (χ4v) is 2.77. The van der Waals surface area contributed by atoms with Gasteiger partial charge in [0.2, 0.25) is 0 Å². The van der Waals surface area contributed by atoms with E-state index in [4.69, 9.17) is 0 Å². The molecule has 0 saturated carbocycles. The van der Waals surface area contributed by atoms with Gasteiger partial charge in [-0.25, -0.2) is 4.79 Å². The maximum Gasteiger partial charge on any atom is 0.326 e. The summed E-state index contributed by atoms with van der Waals surface area (Å²) in [4.78, 5) is 14.4. The zero-order chi connectivity index (χ0) is 14.7. The molecule has 1 heterocycles. The lowest BCUT2D eigenvalue weighted by molar-refractivity contribution is 0.257. The number of rotatable bonds is 3. The average Bonchev–Trinajstić information content (AvgIpc) is 2.94. The van der Waals surface area contributed by atoms with Crippen LogP contribution in [0.25, 0.3) is 0 Å². The summed E-state index contributed by atoms with van der Waals surface area (Å²) in [7, 11) is 0. The number of carbonyl (C=O) groups excluding carboxylic acids is 1. The molecule has 0 aromatic heterocycles. The Morgan fingerprint density at radius 1 is 1.19 bits per heavy atom. The lowest BCUT2D eigenvalue weighted by Crippen LogP contribution is -2.33. The predicted molar refractivity (Wildman–Crippen MR) is 86.9 cm³/mol. The van der Waals surface area contributed by atoms with E-state index < -0.39 is 0 Å². The number of urea groups is 1. The number of amides is 2. The number of fused-ring (bicyclic) bond motifs is 1. The number of carbonyl (C=O) groups is 1. The zero-order valence-electron chi connectivity index (χ0n) is 11.9. The van der Waals surface area contributed by atoms with Crippen LogP contribution in [0.15, 0.2) is 61.2 Å². The van der Waals surface area contributed by atoms with E-state index in [-0.39, 0.29) is 6.03 Å². The molecule has 3 heteroatoms. The quantitative estimate of drug-likeness (QED) is 0.845. The van der Waals surface area contributed by atoms with E-state index in [9.17, 15) is 4.79 Å². The lowest BCUT2D eigenvalue weighted by Gasteiger charge is -2.20. The molecule has 1 aliphatic rings. The van der Waals surface area contributed by atoms with Crippen molar-refractivity contribution in [3.63, 3.8) is 0 Å². The Hall–Kier alpha value is -2.55. The van der Waals surface area contributed by atoms with Gasteiger partial charge in [0.1, 0.15) is 0 Å². The number of nitrogens with one attached hydrogen (secondary N) is 1. The van der Waals surface area contributed by atoms with E-state index in [0.29, 0.717) is 0 Å². The second-order valence-corrected chi connectivity index (χ2v) is 5.12. The first-order valence-corrected chi connectivity index (χ1v) is 7.15. The van der Waals surface area contributed by atoms with Crippen LogP contribution in [0.3, 0.4) is 0 Å². The Bertz CT molecular complexity index is 664. The standard InChI is InChI=1S/C18H18N2O/c1-2-7-14-8-6-9-15-12-13-20(17(14)15)18(21)19-16-10-4-3-5-11-16/h2-6,8-11H,1,7,12-13H2,(H,19,21). The normalized spacial score (nSPS) is 12.9. The van der Waals surface area contributed by atoms with Gasteiger partial charge in [0.05, 0.1) is 5.69 Å². The summed E-state index contributed by atoms with van der Waals surface area (Å²) >= 11 is 0. The van der Waals surface area contributed by atoms with Gasteiger partial charge in [-0.05, 0) is 36.1 Å². The van der Waals surface area contributed by atoms with Crippen LogP contribution in [0, 0.1) is 0 Å². The Morgan fingerprint density at radius 3 is 2.76 bits per heavy atom. The van der Waals surface area contributed by atoms with E-state index in [1.807, 2.05) is 41.3 Å². The average molecular weight is 278 g/mol. The molecule has 2 aromatic carbocycles. The van der Waals surface area contributed by atoms with Crippen molar-refractivity contribution < 1.29 is 4.79 Å². The molecular formula is C18H18N2O. The minimum Gasteiger partial charge on any atom is -0.308 e. The zero-order valence-corrected chi connectivity index (χ0v) is 11.9. The maximum absolute atomic E-state index is 12.5. The highest BCUT2D eigenvalue weighted by Crippen LogP contribution is 2.32. The molecule has 0 unspecified atom stereocenters. The highest BCUT2D eigenvalue weighted by molar-refractivity contribution is 6.03. The molecule has 0 radical (unpaired) electrons. The van der Waals surface area contributed by atoms with Crippen LogP contribution in [-0.4, -0.2) is 12.6 Å².